The molecule has 1 saturated carbocycles. The van der Waals surface area contributed by atoms with Crippen molar-refractivity contribution < 1.29 is 5.11 Å². The standard InChI is InChI=1S/C13H18BrN3O/c1-8(18)10-4-5-17(7-10)12-6-11(14)15-13(16-12)9-2-3-9/h6,8-10,18H,2-5,7H2,1H3. The number of aliphatic hydroxyl groups excluding tert-OH is 1. The van der Waals surface area contributed by atoms with Crippen molar-refractivity contribution in [1.29, 1.82) is 0 Å². The molecule has 5 heteroatoms. The number of hydrogen-bond acceptors (Lipinski definition) is 4. The van der Waals surface area contributed by atoms with Gasteiger partial charge in [-0.1, -0.05) is 0 Å². The van der Waals surface area contributed by atoms with E-state index in [1.807, 2.05) is 13.0 Å². The van der Waals surface area contributed by atoms with Gasteiger partial charge in [0, 0.05) is 31.0 Å². The number of aliphatic hydroxyl groups is 1. The first-order chi connectivity index (χ1) is 8.63. The van der Waals surface area contributed by atoms with Crippen LogP contribution < -0.4 is 4.90 Å². The summed E-state index contributed by atoms with van der Waals surface area (Å²) >= 11 is 3.47. The fourth-order valence-corrected chi connectivity index (χ4v) is 2.88. The molecular formula is C13H18BrN3O. The van der Waals surface area contributed by atoms with E-state index in [2.05, 4.69) is 30.8 Å². The Labute approximate surface area is 116 Å². The Bertz CT molecular complexity index is 448. The van der Waals surface area contributed by atoms with E-state index in [0.717, 1.165) is 35.8 Å². The van der Waals surface area contributed by atoms with Crippen LogP contribution in [0.5, 0.6) is 0 Å². The van der Waals surface area contributed by atoms with Crippen molar-refractivity contribution in [2.75, 3.05) is 18.0 Å². The summed E-state index contributed by atoms with van der Waals surface area (Å²) in [5.74, 6) is 2.90. The lowest BCUT2D eigenvalue weighted by Crippen LogP contribution is -2.25. The molecule has 1 aliphatic carbocycles. The van der Waals surface area contributed by atoms with Crippen LogP contribution in [-0.2, 0) is 0 Å². The molecule has 98 valence electrons. The molecule has 2 aliphatic rings. The highest BCUT2D eigenvalue weighted by atomic mass is 79.9. The smallest absolute Gasteiger partial charge is 0.135 e. The zero-order valence-corrected chi connectivity index (χ0v) is 12.1. The van der Waals surface area contributed by atoms with Gasteiger partial charge in [0.05, 0.1) is 6.10 Å². The molecule has 1 saturated heterocycles. The minimum atomic E-state index is -0.233. The summed E-state index contributed by atoms with van der Waals surface area (Å²) in [6, 6.07) is 1.98. The Kier molecular flexibility index (Phi) is 3.28. The molecule has 1 aromatic heterocycles. The minimum absolute atomic E-state index is 0.233. The summed E-state index contributed by atoms with van der Waals surface area (Å²) in [5, 5.41) is 9.66. The topological polar surface area (TPSA) is 49.2 Å². The lowest BCUT2D eigenvalue weighted by molar-refractivity contribution is 0.136. The predicted molar refractivity (Wildman–Crippen MR) is 73.7 cm³/mol. The number of halogens is 1. The van der Waals surface area contributed by atoms with Crippen LogP contribution in [0.2, 0.25) is 0 Å². The van der Waals surface area contributed by atoms with Gasteiger partial charge in [-0.3, -0.25) is 0 Å². The van der Waals surface area contributed by atoms with E-state index in [9.17, 15) is 5.11 Å². The first-order valence-electron chi connectivity index (χ1n) is 6.61. The summed E-state index contributed by atoms with van der Waals surface area (Å²) in [4.78, 5) is 11.4. The summed E-state index contributed by atoms with van der Waals surface area (Å²) in [6.45, 7) is 3.74. The van der Waals surface area contributed by atoms with Crippen LogP contribution in [0.15, 0.2) is 10.7 Å². The summed E-state index contributed by atoms with van der Waals surface area (Å²) in [5.41, 5.74) is 0. The van der Waals surface area contributed by atoms with Crippen LogP contribution >= 0.6 is 15.9 Å². The first-order valence-corrected chi connectivity index (χ1v) is 7.40. The van der Waals surface area contributed by atoms with E-state index in [0.29, 0.717) is 11.8 Å². The first kappa shape index (κ1) is 12.4. The van der Waals surface area contributed by atoms with Crippen LogP contribution in [0, 0.1) is 5.92 Å². The monoisotopic (exact) mass is 311 g/mol. The third kappa shape index (κ3) is 2.52. The van der Waals surface area contributed by atoms with Crippen molar-refractivity contribution in [2.45, 2.75) is 38.2 Å². The quantitative estimate of drug-likeness (QED) is 0.870. The Morgan fingerprint density at radius 3 is 2.78 bits per heavy atom. The van der Waals surface area contributed by atoms with Gasteiger partial charge in [0.25, 0.3) is 0 Å². The zero-order chi connectivity index (χ0) is 12.7. The maximum absolute atomic E-state index is 9.66. The molecule has 1 aliphatic heterocycles. The molecule has 1 N–H and O–H groups in total. The zero-order valence-electron chi connectivity index (χ0n) is 10.5. The molecule has 0 spiro atoms. The molecular weight excluding hydrogens is 294 g/mol. The molecule has 0 radical (unpaired) electrons. The lowest BCUT2D eigenvalue weighted by atomic mass is 10.0. The van der Waals surface area contributed by atoms with Gasteiger partial charge < -0.3 is 10.0 Å². The summed E-state index contributed by atoms with van der Waals surface area (Å²) in [7, 11) is 0. The van der Waals surface area contributed by atoms with Gasteiger partial charge in [-0.15, -0.1) is 0 Å². The number of rotatable bonds is 3. The third-order valence-electron chi connectivity index (χ3n) is 3.87. The molecule has 2 fully saturated rings. The molecule has 4 nitrogen and oxygen atoms in total. The van der Waals surface area contributed by atoms with Gasteiger partial charge in [-0.2, -0.15) is 0 Å². The Balaban J connectivity index is 1.79. The molecule has 3 rings (SSSR count). The fraction of sp³-hybridized carbons (Fsp3) is 0.692. The van der Waals surface area contributed by atoms with Gasteiger partial charge >= 0.3 is 0 Å². The molecule has 1 aromatic rings. The van der Waals surface area contributed by atoms with E-state index in [-0.39, 0.29) is 6.10 Å². The van der Waals surface area contributed by atoms with Crippen LogP contribution in [0.3, 0.4) is 0 Å². The van der Waals surface area contributed by atoms with Crippen molar-refractivity contribution in [3.05, 3.63) is 16.5 Å². The Morgan fingerprint density at radius 2 is 2.17 bits per heavy atom. The molecule has 2 heterocycles. The second kappa shape index (κ2) is 4.78. The van der Waals surface area contributed by atoms with Crippen LogP contribution in [0.25, 0.3) is 0 Å². The average Bonchev–Trinajstić information content (AvgIpc) is 3.05. The molecule has 2 unspecified atom stereocenters. The van der Waals surface area contributed by atoms with E-state index in [1.54, 1.807) is 0 Å². The molecule has 0 aromatic carbocycles. The Hall–Kier alpha value is -0.680. The summed E-state index contributed by atoms with van der Waals surface area (Å²) < 4.78 is 0.870. The second-order valence-corrected chi connectivity index (χ2v) is 6.23. The minimum Gasteiger partial charge on any atom is -0.393 e. The number of anilines is 1. The van der Waals surface area contributed by atoms with Crippen molar-refractivity contribution in [2.24, 2.45) is 5.92 Å². The van der Waals surface area contributed by atoms with Gasteiger partial charge in [0.2, 0.25) is 0 Å². The highest BCUT2D eigenvalue weighted by Crippen LogP contribution is 2.39. The maximum Gasteiger partial charge on any atom is 0.135 e. The predicted octanol–water partition coefficient (Wildman–Crippen LogP) is 2.32. The molecule has 2 atom stereocenters. The normalized spacial score (nSPS) is 25.5. The van der Waals surface area contributed by atoms with Crippen LogP contribution in [0.1, 0.15) is 37.9 Å². The average molecular weight is 312 g/mol. The highest BCUT2D eigenvalue weighted by Gasteiger charge is 2.30. The maximum atomic E-state index is 9.66. The third-order valence-corrected chi connectivity index (χ3v) is 4.28. The fourth-order valence-electron chi connectivity index (χ4n) is 2.50. The SMILES string of the molecule is CC(O)C1CCN(c2cc(Br)nc(C3CC3)n2)C1. The van der Waals surface area contributed by atoms with Crippen LogP contribution in [-0.4, -0.2) is 34.3 Å². The summed E-state index contributed by atoms with van der Waals surface area (Å²) in [6.07, 6.45) is 3.24. The Morgan fingerprint density at radius 1 is 1.39 bits per heavy atom. The van der Waals surface area contributed by atoms with Gasteiger partial charge in [-0.25, -0.2) is 9.97 Å². The largest absolute Gasteiger partial charge is 0.393 e. The molecule has 18 heavy (non-hydrogen) atoms. The van der Waals surface area contributed by atoms with Gasteiger partial charge in [0.1, 0.15) is 16.2 Å². The van der Waals surface area contributed by atoms with E-state index >= 15 is 0 Å². The van der Waals surface area contributed by atoms with Gasteiger partial charge in [0.15, 0.2) is 0 Å². The number of aromatic nitrogens is 2. The van der Waals surface area contributed by atoms with Gasteiger partial charge in [-0.05, 0) is 42.1 Å². The van der Waals surface area contributed by atoms with Crippen molar-refractivity contribution in [3.8, 4) is 0 Å². The van der Waals surface area contributed by atoms with Crippen molar-refractivity contribution in [1.82, 2.24) is 9.97 Å². The second-order valence-electron chi connectivity index (χ2n) is 5.42. The molecule has 0 amide bonds. The van der Waals surface area contributed by atoms with E-state index in [4.69, 9.17) is 0 Å². The van der Waals surface area contributed by atoms with Crippen LogP contribution in [0.4, 0.5) is 5.82 Å². The van der Waals surface area contributed by atoms with Crippen molar-refractivity contribution in [3.63, 3.8) is 0 Å². The van der Waals surface area contributed by atoms with E-state index in [1.165, 1.54) is 12.8 Å². The molecule has 0 bridgehead atoms. The lowest BCUT2D eigenvalue weighted by Gasteiger charge is -2.19. The number of hydrogen-bond donors (Lipinski definition) is 1. The number of nitrogens with zero attached hydrogens (tertiary/aromatic N) is 3. The highest BCUT2D eigenvalue weighted by molar-refractivity contribution is 9.10. The van der Waals surface area contributed by atoms with Crippen molar-refractivity contribution >= 4 is 21.7 Å². The van der Waals surface area contributed by atoms with E-state index < -0.39 is 0 Å².